The number of hydrogen-bond donors (Lipinski definition) is 1. The maximum absolute atomic E-state index is 11.7. The lowest BCUT2D eigenvalue weighted by molar-refractivity contribution is -0.149. The molecule has 1 fully saturated rings. The number of likely N-dealkylation sites (tertiary alicyclic amines) is 1. The van der Waals surface area contributed by atoms with Crippen molar-refractivity contribution in [2.24, 2.45) is 5.73 Å². The van der Waals surface area contributed by atoms with Crippen LogP contribution in [0.3, 0.4) is 0 Å². The normalized spacial score (nSPS) is 21.1. The van der Waals surface area contributed by atoms with Crippen LogP contribution in [0, 0.1) is 0 Å². The second-order valence-electron chi connectivity index (χ2n) is 5.38. The fourth-order valence-corrected chi connectivity index (χ4v) is 2.32. The Labute approximate surface area is 116 Å². The standard InChI is InChI=1S/C14H28N2O3/c1-4-18-12-6-9-16(10-7-12)11-8-14(3,15)13(17)19-5-2/h12H,4-11,15H2,1-3H3. The lowest BCUT2D eigenvalue weighted by atomic mass is 9.98. The Bertz CT molecular complexity index is 274. The zero-order chi connectivity index (χ0) is 14.3. The van der Waals surface area contributed by atoms with Gasteiger partial charge in [-0.1, -0.05) is 0 Å². The van der Waals surface area contributed by atoms with Gasteiger partial charge in [-0.05, 0) is 40.0 Å². The van der Waals surface area contributed by atoms with Crippen molar-refractivity contribution in [2.45, 2.75) is 51.7 Å². The van der Waals surface area contributed by atoms with Gasteiger partial charge in [-0.2, -0.15) is 0 Å². The van der Waals surface area contributed by atoms with Gasteiger partial charge in [-0.15, -0.1) is 0 Å². The monoisotopic (exact) mass is 272 g/mol. The van der Waals surface area contributed by atoms with Gasteiger partial charge in [0.1, 0.15) is 5.54 Å². The number of carbonyl (C=O) groups is 1. The Hall–Kier alpha value is -0.650. The van der Waals surface area contributed by atoms with E-state index < -0.39 is 5.54 Å². The van der Waals surface area contributed by atoms with Gasteiger partial charge in [0.25, 0.3) is 0 Å². The third kappa shape index (κ3) is 5.47. The average Bonchev–Trinajstić information content (AvgIpc) is 2.39. The topological polar surface area (TPSA) is 64.8 Å². The lowest BCUT2D eigenvalue weighted by Crippen LogP contribution is -2.49. The fourth-order valence-electron chi connectivity index (χ4n) is 2.32. The highest BCUT2D eigenvalue weighted by Crippen LogP contribution is 2.16. The number of esters is 1. The van der Waals surface area contributed by atoms with Crippen LogP contribution in [0.2, 0.25) is 0 Å². The molecule has 1 unspecified atom stereocenters. The van der Waals surface area contributed by atoms with E-state index in [0.29, 0.717) is 19.1 Å². The van der Waals surface area contributed by atoms with Crippen LogP contribution < -0.4 is 5.73 Å². The summed E-state index contributed by atoms with van der Waals surface area (Å²) in [5, 5.41) is 0. The molecule has 0 saturated carbocycles. The van der Waals surface area contributed by atoms with E-state index in [2.05, 4.69) is 4.90 Å². The second kappa shape index (κ2) is 7.82. The second-order valence-corrected chi connectivity index (χ2v) is 5.38. The van der Waals surface area contributed by atoms with Crippen molar-refractivity contribution < 1.29 is 14.3 Å². The zero-order valence-electron chi connectivity index (χ0n) is 12.5. The van der Waals surface area contributed by atoms with Crippen LogP contribution in [0.15, 0.2) is 0 Å². The molecule has 5 heteroatoms. The van der Waals surface area contributed by atoms with Crippen molar-refractivity contribution in [1.82, 2.24) is 4.90 Å². The summed E-state index contributed by atoms with van der Waals surface area (Å²) in [6.07, 6.45) is 3.16. The molecule has 1 aliphatic heterocycles. The SMILES string of the molecule is CCOC(=O)C(C)(N)CCN1CCC(OCC)CC1. The highest BCUT2D eigenvalue weighted by Gasteiger charge is 2.31. The highest BCUT2D eigenvalue weighted by molar-refractivity contribution is 5.79. The summed E-state index contributed by atoms with van der Waals surface area (Å²) in [5.74, 6) is -0.306. The number of piperidine rings is 1. The van der Waals surface area contributed by atoms with Crippen molar-refractivity contribution >= 4 is 5.97 Å². The van der Waals surface area contributed by atoms with Crippen LogP contribution in [0.25, 0.3) is 0 Å². The Kier molecular flexibility index (Phi) is 6.75. The molecule has 0 aromatic rings. The summed E-state index contributed by atoms with van der Waals surface area (Å²) in [6.45, 7) is 9.62. The number of nitrogens with two attached hydrogens (primary N) is 1. The average molecular weight is 272 g/mol. The molecule has 0 aromatic heterocycles. The molecule has 0 aliphatic carbocycles. The minimum absolute atomic E-state index is 0.306. The Morgan fingerprint density at radius 1 is 1.32 bits per heavy atom. The minimum Gasteiger partial charge on any atom is -0.465 e. The van der Waals surface area contributed by atoms with Gasteiger partial charge in [0, 0.05) is 26.2 Å². The highest BCUT2D eigenvalue weighted by atomic mass is 16.5. The molecule has 5 nitrogen and oxygen atoms in total. The molecule has 1 heterocycles. The molecule has 0 aromatic carbocycles. The molecule has 19 heavy (non-hydrogen) atoms. The van der Waals surface area contributed by atoms with Crippen LogP contribution in [0.1, 0.15) is 40.0 Å². The van der Waals surface area contributed by atoms with E-state index in [4.69, 9.17) is 15.2 Å². The molecule has 112 valence electrons. The van der Waals surface area contributed by atoms with E-state index in [-0.39, 0.29) is 5.97 Å². The summed E-state index contributed by atoms with van der Waals surface area (Å²) in [6, 6.07) is 0. The number of ether oxygens (including phenoxy) is 2. The van der Waals surface area contributed by atoms with Crippen LogP contribution in [-0.2, 0) is 14.3 Å². The van der Waals surface area contributed by atoms with Crippen LogP contribution in [0.5, 0.6) is 0 Å². The molecular formula is C14H28N2O3. The molecule has 1 saturated heterocycles. The summed E-state index contributed by atoms with van der Waals surface area (Å²) >= 11 is 0. The van der Waals surface area contributed by atoms with Crippen molar-refractivity contribution in [3.63, 3.8) is 0 Å². The van der Waals surface area contributed by atoms with Crippen LogP contribution in [-0.4, -0.2) is 55.4 Å². The van der Waals surface area contributed by atoms with Crippen molar-refractivity contribution in [2.75, 3.05) is 32.8 Å². The van der Waals surface area contributed by atoms with E-state index in [1.807, 2.05) is 6.92 Å². The summed E-state index contributed by atoms with van der Waals surface area (Å²) in [5.41, 5.74) is 5.13. The number of hydrogen-bond acceptors (Lipinski definition) is 5. The van der Waals surface area contributed by atoms with Crippen molar-refractivity contribution in [1.29, 1.82) is 0 Å². The molecule has 0 amide bonds. The Balaban J connectivity index is 2.28. The Morgan fingerprint density at radius 3 is 2.47 bits per heavy atom. The predicted molar refractivity (Wildman–Crippen MR) is 74.9 cm³/mol. The van der Waals surface area contributed by atoms with Gasteiger partial charge < -0.3 is 20.1 Å². The van der Waals surface area contributed by atoms with Crippen molar-refractivity contribution in [3.8, 4) is 0 Å². The summed E-state index contributed by atoms with van der Waals surface area (Å²) < 4.78 is 10.6. The van der Waals surface area contributed by atoms with Gasteiger partial charge in [-0.25, -0.2) is 0 Å². The van der Waals surface area contributed by atoms with E-state index in [0.717, 1.165) is 39.1 Å². The van der Waals surface area contributed by atoms with Gasteiger partial charge >= 0.3 is 5.97 Å². The van der Waals surface area contributed by atoms with E-state index in [1.165, 1.54) is 0 Å². The molecule has 0 radical (unpaired) electrons. The third-order valence-corrected chi connectivity index (χ3v) is 3.63. The molecule has 2 N–H and O–H groups in total. The lowest BCUT2D eigenvalue weighted by Gasteiger charge is -2.33. The molecular weight excluding hydrogens is 244 g/mol. The smallest absolute Gasteiger partial charge is 0.325 e. The van der Waals surface area contributed by atoms with Crippen LogP contribution in [0.4, 0.5) is 0 Å². The van der Waals surface area contributed by atoms with Gasteiger partial charge in [0.05, 0.1) is 12.7 Å². The number of rotatable bonds is 7. The third-order valence-electron chi connectivity index (χ3n) is 3.63. The first-order chi connectivity index (χ1) is 8.99. The minimum atomic E-state index is -0.882. The fraction of sp³-hybridized carbons (Fsp3) is 0.929. The summed E-state index contributed by atoms with van der Waals surface area (Å²) in [4.78, 5) is 14.0. The maximum Gasteiger partial charge on any atom is 0.325 e. The summed E-state index contributed by atoms with van der Waals surface area (Å²) in [7, 11) is 0. The van der Waals surface area contributed by atoms with Gasteiger partial charge in [0.15, 0.2) is 0 Å². The number of carbonyl (C=O) groups excluding carboxylic acids is 1. The molecule has 0 bridgehead atoms. The van der Waals surface area contributed by atoms with E-state index in [9.17, 15) is 4.79 Å². The van der Waals surface area contributed by atoms with Crippen LogP contribution >= 0.6 is 0 Å². The molecule has 1 atom stereocenters. The number of nitrogens with zero attached hydrogens (tertiary/aromatic N) is 1. The first-order valence-corrected chi connectivity index (χ1v) is 7.29. The molecule has 1 aliphatic rings. The first kappa shape index (κ1) is 16.4. The van der Waals surface area contributed by atoms with Gasteiger partial charge in [-0.3, -0.25) is 4.79 Å². The van der Waals surface area contributed by atoms with E-state index in [1.54, 1.807) is 13.8 Å². The van der Waals surface area contributed by atoms with Gasteiger partial charge in [0.2, 0.25) is 0 Å². The molecule has 1 rings (SSSR count). The predicted octanol–water partition coefficient (Wildman–Crippen LogP) is 1.16. The van der Waals surface area contributed by atoms with E-state index >= 15 is 0 Å². The molecule has 0 spiro atoms. The largest absolute Gasteiger partial charge is 0.465 e. The van der Waals surface area contributed by atoms with Crippen molar-refractivity contribution in [3.05, 3.63) is 0 Å². The Morgan fingerprint density at radius 2 is 1.95 bits per heavy atom. The first-order valence-electron chi connectivity index (χ1n) is 7.29. The maximum atomic E-state index is 11.7. The zero-order valence-corrected chi connectivity index (χ0v) is 12.5. The quantitative estimate of drug-likeness (QED) is 0.705.